The Labute approximate surface area is 211 Å². The molecule has 0 saturated heterocycles. The van der Waals surface area contributed by atoms with Crippen LogP contribution in [0.1, 0.15) is 0 Å². The van der Waals surface area contributed by atoms with E-state index in [0.717, 1.165) is 11.4 Å². The molecule has 0 fully saturated rings. The zero-order valence-electron chi connectivity index (χ0n) is 19.7. The van der Waals surface area contributed by atoms with Gasteiger partial charge in [0.25, 0.3) is 0 Å². The molecule has 36 heavy (non-hydrogen) atoms. The minimum atomic E-state index is 0.307. The lowest BCUT2D eigenvalue weighted by molar-refractivity contribution is 1.29. The smallest absolute Gasteiger partial charge is 0.244 e. The fourth-order valence-electron chi connectivity index (χ4n) is 6.32. The van der Waals surface area contributed by atoms with Crippen LogP contribution in [0.5, 0.6) is 0 Å². The lowest BCUT2D eigenvalue weighted by atomic mass is 9.41. The van der Waals surface area contributed by atoms with Gasteiger partial charge in [0, 0.05) is 17.1 Å². The van der Waals surface area contributed by atoms with Gasteiger partial charge in [0.15, 0.2) is 0 Å². The van der Waals surface area contributed by atoms with Crippen LogP contribution in [0, 0.1) is 0 Å². The van der Waals surface area contributed by atoms with Gasteiger partial charge in [-0.1, -0.05) is 107 Å². The van der Waals surface area contributed by atoms with Gasteiger partial charge in [-0.25, -0.2) is 0 Å². The second kappa shape index (κ2) is 7.47. The molecule has 0 unspecified atom stereocenters. The molecule has 2 heterocycles. The summed E-state index contributed by atoms with van der Waals surface area (Å²) in [6, 6.07) is 48.7. The second-order valence-electron chi connectivity index (χ2n) is 9.76. The van der Waals surface area contributed by atoms with Crippen molar-refractivity contribution in [2.45, 2.75) is 0 Å². The van der Waals surface area contributed by atoms with Crippen molar-refractivity contribution in [1.29, 1.82) is 0 Å². The van der Waals surface area contributed by atoms with E-state index in [2.05, 4.69) is 138 Å². The van der Waals surface area contributed by atoms with Gasteiger partial charge in [0.05, 0.1) is 0 Å². The van der Waals surface area contributed by atoms with E-state index in [1.54, 1.807) is 0 Å². The van der Waals surface area contributed by atoms with Crippen LogP contribution in [0.25, 0.3) is 33.0 Å². The van der Waals surface area contributed by atoms with Gasteiger partial charge in [-0.2, -0.15) is 0 Å². The van der Waals surface area contributed by atoms with Crippen LogP contribution in [-0.2, 0) is 0 Å². The highest BCUT2D eigenvalue weighted by Gasteiger charge is 2.41. The standard InChI is InChI=1S/C34H22BN/c1-3-12-25(13-4-1)36(26-14-5-2-6-15-26)27-18-19-32-31(22-27)29-17-9-16-28-30-20-23-10-7-8-11-24(23)21-33(30)35(32)34(28)29/h1-22H. The van der Waals surface area contributed by atoms with Crippen LogP contribution in [0.4, 0.5) is 17.1 Å². The summed E-state index contributed by atoms with van der Waals surface area (Å²) in [4.78, 5) is 2.35. The van der Waals surface area contributed by atoms with E-state index < -0.39 is 0 Å². The zero-order valence-corrected chi connectivity index (χ0v) is 19.7. The number of hydrogen-bond acceptors (Lipinski definition) is 1. The van der Waals surface area contributed by atoms with Gasteiger partial charge in [-0.3, -0.25) is 0 Å². The SMILES string of the molecule is c1ccc(N(c2ccccc2)c2ccc3c(c2)-c2cccc4c2B3c2cc3ccccc3cc2-4)cc1. The largest absolute Gasteiger partial charge is 0.310 e. The van der Waals surface area contributed by atoms with Gasteiger partial charge in [-0.05, 0) is 75.5 Å². The van der Waals surface area contributed by atoms with Crippen molar-refractivity contribution in [3.05, 3.63) is 133 Å². The maximum Gasteiger partial charge on any atom is 0.244 e. The summed E-state index contributed by atoms with van der Waals surface area (Å²) in [6.07, 6.45) is 0. The van der Waals surface area contributed by atoms with Gasteiger partial charge in [-0.15, -0.1) is 0 Å². The minimum Gasteiger partial charge on any atom is -0.310 e. The molecular weight excluding hydrogens is 433 g/mol. The maximum absolute atomic E-state index is 2.42. The Bertz CT molecular complexity index is 1750. The summed E-state index contributed by atoms with van der Waals surface area (Å²) in [7, 11) is 0. The molecule has 166 valence electrons. The molecule has 8 rings (SSSR count). The average Bonchev–Trinajstić information content (AvgIpc) is 3.44. The molecule has 0 spiro atoms. The van der Waals surface area contributed by atoms with Crippen molar-refractivity contribution >= 4 is 50.9 Å². The Kier molecular flexibility index (Phi) is 4.09. The average molecular weight is 455 g/mol. The third kappa shape index (κ3) is 2.73. The normalized spacial score (nSPS) is 12.4. The molecule has 0 atom stereocenters. The van der Waals surface area contributed by atoms with Crippen molar-refractivity contribution in [3.63, 3.8) is 0 Å². The van der Waals surface area contributed by atoms with Crippen molar-refractivity contribution in [2.75, 3.05) is 4.90 Å². The fourth-order valence-corrected chi connectivity index (χ4v) is 6.32. The Morgan fingerprint density at radius 3 is 1.64 bits per heavy atom. The van der Waals surface area contributed by atoms with E-state index in [0.29, 0.717) is 6.71 Å². The quantitative estimate of drug-likeness (QED) is 0.265. The first-order valence-electron chi connectivity index (χ1n) is 12.6. The summed E-state index contributed by atoms with van der Waals surface area (Å²) < 4.78 is 0. The van der Waals surface area contributed by atoms with E-state index in [1.165, 1.54) is 55.1 Å². The molecule has 1 nitrogen and oxygen atoms in total. The zero-order chi connectivity index (χ0) is 23.6. The molecule has 0 aromatic heterocycles. The highest BCUT2D eigenvalue weighted by molar-refractivity contribution is 7.02. The summed E-state index contributed by atoms with van der Waals surface area (Å²) in [5.41, 5.74) is 13.3. The molecule has 0 N–H and O–H groups in total. The molecule has 0 aliphatic carbocycles. The fraction of sp³-hybridized carbons (Fsp3) is 0. The number of nitrogens with zero attached hydrogens (tertiary/aromatic N) is 1. The molecular formula is C34H22BN. The number of para-hydroxylation sites is 2. The van der Waals surface area contributed by atoms with Crippen molar-refractivity contribution in [1.82, 2.24) is 0 Å². The van der Waals surface area contributed by atoms with Crippen LogP contribution in [-0.4, -0.2) is 6.71 Å². The van der Waals surface area contributed by atoms with Gasteiger partial charge in [0.1, 0.15) is 0 Å². The highest BCUT2D eigenvalue weighted by atomic mass is 15.1. The molecule has 6 aromatic carbocycles. The molecule has 0 saturated carbocycles. The predicted molar refractivity (Wildman–Crippen MR) is 154 cm³/mol. The van der Waals surface area contributed by atoms with Gasteiger partial charge in [0.2, 0.25) is 6.71 Å². The number of hydrogen-bond donors (Lipinski definition) is 0. The molecule has 2 aliphatic heterocycles. The van der Waals surface area contributed by atoms with E-state index in [4.69, 9.17) is 0 Å². The Morgan fingerprint density at radius 1 is 0.389 bits per heavy atom. The number of rotatable bonds is 3. The lowest BCUT2D eigenvalue weighted by Gasteiger charge is -2.26. The second-order valence-corrected chi connectivity index (χ2v) is 9.76. The molecule has 2 heteroatoms. The number of benzene rings is 6. The molecule has 0 amide bonds. The molecule has 0 bridgehead atoms. The van der Waals surface area contributed by atoms with Crippen LogP contribution in [0.2, 0.25) is 0 Å². The van der Waals surface area contributed by atoms with E-state index in [9.17, 15) is 0 Å². The van der Waals surface area contributed by atoms with Gasteiger partial charge >= 0.3 is 0 Å². The van der Waals surface area contributed by atoms with Crippen LogP contribution in [0.3, 0.4) is 0 Å². The van der Waals surface area contributed by atoms with E-state index in [-0.39, 0.29) is 0 Å². The summed E-state index contributed by atoms with van der Waals surface area (Å²) >= 11 is 0. The predicted octanol–water partition coefficient (Wildman–Crippen LogP) is 6.79. The number of fused-ring (bicyclic) bond motifs is 7. The minimum absolute atomic E-state index is 0.307. The van der Waals surface area contributed by atoms with Crippen LogP contribution in [0.15, 0.2) is 133 Å². The third-order valence-electron chi connectivity index (χ3n) is 7.84. The number of anilines is 3. The first-order chi connectivity index (χ1) is 17.9. The van der Waals surface area contributed by atoms with Crippen molar-refractivity contribution < 1.29 is 0 Å². The highest BCUT2D eigenvalue weighted by Crippen LogP contribution is 2.39. The van der Waals surface area contributed by atoms with Crippen molar-refractivity contribution in [2.24, 2.45) is 0 Å². The Morgan fingerprint density at radius 2 is 0.972 bits per heavy atom. The first kappa shape index (κ1) is 19.7. The Balaban J connectivity index is 1.34. The molecule has 0 radical (unpaired) electrons. The van der Waals surface area contributed by atoms with E-state index >= 15 is 0 Å². The maximum atomic E-state index is 2.42. The summed E-state index contributed by atoms with van der Waals surface area (Å²) in [6.45, 7) is 0.307. The monoisotopic (exact) mass is 455 g/mol. The lowest BCUT2D eigenvalue weighted by Crippen LogP contribution is -2.45. The van der Waals surface area contributed by atoms with E-state index in [1.807, 2.05) is 0 Å². The summed E-state index contributed by atoms with van der Waals surface area (Å²) in [5, 5.41) is 2.63. The van der Waals surface area contributed by atoms with Gasteiger partial charge < -0.3 is 4.90 Å². The molecule has 6 aromatic rings. The van der Waals surface area contributed by atoms with Crippen molar-refractivity contribution in [3.8, 4) is 22.3 Å². The topological polar surface area (TPSA) is 3.24 Å². The van der Waals surface area contributed by atoms with Crippen LogP contribution < -0.4 is 21.3 Å². The summed E-state index contributed by atoms with van der Waals surface area (Å²) in [5.74, 6) is 0. The van der Waals surface area contributed by atoms with Crippen LogP contribution >= 0.6 is 0 Å². The first-order valence-corrected chi connectivity index (χ1v) is 12.6. The third-order valence-corrected chi connectivity index (χ3v) is 7.84. The molecule has 2 aliphatic rings. The Hall–Kier alpha value is -4.56.